The molecule has 0 N–H and O–H groups in total. The maximum absolute atomic E-state index is 8.96. The second kappa shape index (κ2) is 6.73. The predicted molar refractivity (Wildman–Crippen MR) is 62.7 cm³/mol. The number of nitriles is 1. The summed E-state index contributed by atoms with van der Waals surface area (Å²) in [5.41, 5.74) is 0.524. The number of methoxy groups -OCH3 is 1. The molecule has 3 heteroatoms. The summed E-state index contributed by atoms with van der Waals surface area (Å²) in [6.07, 6.45) is 3.29. The van der Waals surface area contributed by atoms with E-state index < -0.39 is 0 Å². The Morgan fingerprint density at radius 1 is 1.31 bits per heavy atom. The van der Waals surface area contributed by atoms with Gasteiger partial charge in [0.15, 0.2) is 11.5 Å². The Hall–Kier alpha value is -1.69. The molecule has 0 heterocycles. The van der Waals surface area contributed by atoms with E-state index in [2.05, 4.69) is 13.0 Å². The van der Waals surface area contributed by atoms with Crippen molar-refractivity contribution < 1.29 is 9.47 Å². The molecule has 0 bridgehead atoms. The molecule has 0 unspecified atom stereocenters. The summed E-state index contributed by atoms with van der Waals surface area (Å²) >= 11 is 0. The van der Waals surface area contributed by atoms with Crippen molar-refractivity contribution >= 4 is 0 Å². The molecule has 3 nitrogen and oxygen atoms in total. The van der Waals surface area contributed by atoms with Crippen molar-refractivity contribution in [1.29, 1.82) is 5.26 Å². The third-order valence-corrected chi connectivity index (χ3v) is 2.31. The van der Waals surface area contributed by atoms with Crippen LogP contribution in [-0.2, 0) is 0 Å². The van der Waals surface area contributed by atoms with Crippen molar-refractivity contribution in [2.45, 2.75) is 26.2 Å². The summed E-state index contributed by atoms with van der Waals surface area (Å²) in [6.45, 7) is 2.77. The second-order valence-electron chi connectivity index (χ2n) is 3.50. The van der Waals surface area contributed by atoms with Crippen LogP contribution in [0.15, 0.2) is 18.2 Å². The van der Waals surface area contributed by atoms with E-state index >= 15 is 0 Å². The van der Waals surface area contributed by atoms with Gasteiger partial charge in [0.1, 0.15) is 6.07 Å². The van der Waals surface area contributed by atoms with E-state index in [4.69, 9.17) is 14.7 Å². The standard InChI is InChI=1S/C13H17NO2/c1-3-4-5-9-16-13-11(10-14)7-6-8-12(13)15-2/h6-8H,3-5,9H2,1-2H3. The Morgan fingerprint density at radius 3 is 2.75 bits per heavy atom. The maximum Gasteiger partial charge on any atom is 0.178 e. The van der Waals surface area contributed by atoms with Gasteiger partial charge in [-0.05, 0) is 18.6 Å². The summed E-state index contributed by atoms with van der Waals surface area (Å²) < 4.78 is 10.8. The Bertz CT molecular complexity index is 369. The minimum atomic E-state index is 0.524. The topological polar surface area (TPSA) is 42.2 Å². The van der Waals surface area contributed by atoms with Crippen LogP contribution in [0.1, 0.15) is 31.7 Å². The first-order valence-corrected chi connectivity index (χ1v) is 5.53. The van der Waals surface area contributed by atoms with Crippen molar-refractivity contribution in [2.75, 3.05) is 13.7 Å². The van der Waals surface area contributed by atoms with E-state index in [1.54, 1.807) is 25.3 Å². The molecule has 0 radical (unpaired) electrons. The van der Waals surface area contributed by atoms with Crippen molar-refractivity contribution in [1.82, 2.24) is 0 Å². The van der Waals surface area contributed by atoms with E-state index in [-0.39, 0.29) is 0 Å². The van der Waals surface area contributed by atoms with Crippen molar-refractivity contribution in [2.24, 2.45) is 0 Å². The van der Waals surface area contributed by atoms with Crippen LogP contribution in [0.5, 0.6) is 11.5 Å². The lowest BCUT2D eigenvalue weighted by Crippen LogP contribution is -2.01. The van der Waals surface area contributed by atoms with E-state index in [9.17, 15) is 0 Å². The summed E-state index contributed by atoms with van der Waals surface area (Å²) in [5.74, 6) is 1.18. The smallest absolute Gasteiger partial charge is 0.178 e. The molecule has 0 spiro atoms. The molecule has 0 fully saturated rings. The maximum atomic E-state index is 8.96. The summed E-state index contributed by atoms with van der Waals surface area (Å²) in [4.78, 5) is 0. The van der Waals surface area contributed by atoms with Gasteiger partial charge < -0.3 is 9.47 Å². The molecule has 0 aliphatic heterocycles. The molecule has 0 aliphatic carbocycles. The predicted octanol–water partition coefficient (Wildman–Crippen LogP) is 3.14. The van der Waals surface area contributed by atoms with Crippen LogP contribution < -0.4 is 9.47 Å². The van der Waals surface area contributed by atoms with E-state index in [0.29, 0.717) is 23.7 Å². The van der Waals surface area contributed by atoms with E-state index in [1.165, 1.54) is 0 Å². The second-order valence-corrected chi connectivity index (χ2v) is 3.50. The Morgan fingerprint density at radius 2 is 2.12 bits per heavy atom. The average Bonchev–Trinajstić information content (AvgIpc) is 2.34. The summed E-state index contributed by atoms with van der Waals surface area (Å²) in [7, 11) is 1.58. The van der Waals surface area contributed by atoms with Crippen LogP contribution in [0.3, 0.4) is 0 Å². The van der Waals surface area contributed by atoms with Gasteiger partial charge in [-0.25, -0.2) is 0 Å². The van der Waals surface area contributed by atoms with Gasteiger partial charge >= 0.3 is 0 Å². The van der Waals surface area contributed by atoms with Crippen LogP contribution in [0, 0.1) is 11.3 Å². The van der Waals surface area contributed by atoms with Crippen LogP contribution in [0.4, 0.5) is 0 Å². The zero-order chi connectivity index (χ0) is 11.8. The molecule has 1 aromatic carbocycles. The van der Waals surface area contributed by atoms with E-state index in [0.717, 1.165) is 19.3 Å². The highest BCUT2D eigenvalue weighted by Gasteiger charge is 2.09. The first-order chi connectivity index (χ1) is 7.83. The Kier molecular flexibility index (Phi) is 5.21. The number of nitrogens with zero attached hydrogens (tertiary/aromatic N) is 1. The van der Waals surface area contributed by atoms with Crippen LogP contribution >= 0.6 is 0 Å². The van der Waals surface area contributed by atoms with Crippen molar-refractivity contribution in [3.05, 3.63) is 23.8 Å². The molecular weight excluding hydrogens is 202 g/mol. The number of benzene rings is 1. The number of rotatable bonds is 6. The number of unbranched alkanes of at least 4 members (excludes halogenated alkanes) is 2. The molecule has 1 aromatic rings. The van der Waals surface area contributed by atoms with Gasteiger partial charge in [0, 0.05) is 0 Å². The zero-order valence-corrected chi connectivity index (χ0v) is 9.82. The van der Waals surface area contributed by atoms with Gasteiger partial charge in [-0.3, -0.25) is 0 Å². The van der Waals surface area contributed by atoms with Gasteiger partial charge in [0.25, 0.3) is 0 Å². The van der Waals surface area contributed by atoms with Gasteiger partial charge in [0.2, 0.25) is 0 Å². The fourth-order valence-electron chi connectivity index (χ4n) is 1.44. The molecule has 1 rings (SSSR count). The Balaban J connectivity index is 2.72. The molecule has 0 atom stereocenters. The molecule has 86 valence electrons. The largest absolute Gasteiger partial charge is 0.493 e. The molecule has 16 heavy (non-hydrogen) atoms. The van der Waals surface area contributed by atoms with Gasteiger partial charge in [-0.15, -0.1) is 0 Å². The number of hydrogen-bond donors (Lipinski definition) is 0. The SMILES string of the molecule is CCCCCOc1c(C#N)cccc1OC. The molecule has 0 saturated heterocycles. The minimum Gasteiger partial charge on any atom is -0.493 e. The third-order valence-electron chi connectivity index (χ3n) is 2.31. The number of hydrogen-bond acceptors (Lipinski definition) is 3. The first-order valence-electron chi connectivity index (χ1n) is 5.53. The molecule has 0 aliphatic rings. The highest BCUT2D eigenvalue weighted by molar-refractivity contribution is 5.52. The van der Waals surface area contributed by atoms with Crippen molar-refractivity contribution in [3.8, 4) is 17.6 Å². The number of ether oxygens (including phenoxy) is 2. The Labute approximate surface area is 96.6 Å². The average molecular weight is 219 g/mol. The molecule has 0 aromatic heterocycles. The van der Waals surface area contributed by atoms with Gasteiger partial charge in [-0.2, -0.15) is 5.26 Å². The lowest BCUT2D eigenvalue weighted by atomic mass is 10.2. The van der Waals surface area contributed by atoms with Crippen LogP contribution in [0.2, 0.25) is 0 Å². The quantitative estimate of drug-likeness (QED) is 0.690. The lowest BCUT2D eigenvalue weighted by molar-refractivity contribution is 0.285. The monoisotopic (exact) mass is 219 g/mol. The van der Waals surface area contributed by atoms with Gasteiger partial charge in [0.05, 0.1) is 19.3 Å². The normalized spacial score (nSPS) is 9.56. The zero-order valence-electron chi connectivity index (χ0n) is 9.82. The fourth-order valence-corrected chi connectivity index (χ4v) is 1.44. The highest BCUT2D eigenvalue weighted by Crippen LogP contribution is 2.30. The number of para-hydroxylation sites is 1. The lowest BCUT2D eigenvalue weighted by Gasteiger charge is -2.11. The minimum absolute atomic E-state index is 0.524. The first kappa shape index (κ1) is 12.4. The molecule has 0 saturated carbocycles. The summed E-state index contributed by atoms with van der Waals surface area (Å²) in [6, 6.07) is 7.43. The van der Waals surface area contributed by atoms with Crippen molar-refractivity contribution in [3.63, 3.8) is 0 Å². The fraction of sp³-hybridized carbons (Fsp3) is 0.462. The third kappa shape index (κ3) is 3.16. The highest BCUT2D eigenvalue weighted by atomic mass is 16.5. The molecule has 0 amide bonds. The van der Waals surface area contributed by atoms with E-state index in [1.807, 2.05) is 0 Å². The summed E-state index contributed by atoms with van der Waals surface area (Å²) in [5, 5.41) is 8.96. The van der Waals surface area contributed by atoms with Crippen LogP contribution in [-0.4, -0.2) is 13.7 Å². The van der Waals surface area contributed by atoms with Crippen LogP contribution in [0.25, 0.3) is 0 Å². The van der Waals surface area contributed by atoms with Gasteiger partial charge in [-0.1, -0.05) is 25.8 Å². The molecular formula is C13H17NO2.